The van der Waals surface area contributed by atoms with Crippen LogP contribution in [0.1, 0.15) is 28.9 Å². The second kappa shape index (κ2) is 6.17. The van der Waals surface area contributed by atoms with Crippen molar-refractivity contribution in [2.45, 2.75) is 25.8 Å². The molecule has 0 unspecified atom stereocenters. The van der Waals surface area contributed by atoms with E-state index < -0.39 is 0 Å². The van der Waals surface area contributed by atoms with Gasteiger partial charge in [0.1, 0.15) is 5.82 Å². The van der Waals surface area contributed by atoms with Crippen LogP contribution in [0, 0.1) is 6.92 Å². The van der Waals surface area contributed by atoms with Crippen molar-refractivity contribution in [3.05, 3.63) is 35.0 Å². The molecule has 1 amide bonds. The van der Waals surface area contributed by atoms with Gasteiger partial charge in [-0.15, -0.1) is 5.10 Å². The smallest absolute Gasteiger partial charge is 0.256 e. The van der Waals surface area contributed by atoms with E-state index in [0.29, 0.717) is 6.04 Å². The van der Waals surface area contributed by atoms with Crippen LogP contribution in [-0.2, 0) is 0 Å². The SMILES string of the molecule is Cc1nscc1C(=O)N1CCC(Nc2cccnn2)CC1. The number of rotatable bonds is 3. The molecule has 0 radical (unpaired) electrons. The molecule has 1 aliphatic heterocycles. The maximum Gasteiger partial charge on any atom is 0.256 e. The summed E-state index contributed by atoms with van der Waals surface area (Å²) < 4.78 is 4.17. The van der Waals surface area contributed by atoms with Crippen molar-refractivity contribution in [1.82, 2.24) is 19.5 Å². The van der Waals surface area contributed by atoms with Gasteiger partial charge in [-0.05, 0) is 43.4 Å². The van der Waals surface area contributed by atoms with E-state index in [2.05, 4.69) is 19.9 Å². The highest BCUT2D eigenvalue weighted by atomic mass is 32.1. The van der Waals surface area contributed by atoms with Crippen LogP contribution in [0.5, 0.6) is 0 Å². The Hall–Kier alpha value is -2.02. The Morgan fingerprint density at radius 1 is 1.43 bits per heavy atom. The van der Waals surface area contributed by atoms with Gasteiger partial charge in [-0.3, -0.25) is 4.79 Å². The van der Waals surface area contributed by atoms with Crippen LogP contribution in [0.3, 0.4) is 0 Å². The van der Waals surface area contributed by atoms with E-state index in [0.717, 1.165) is 43.0 Å². The average Bonchev–Trinajstić information content (AvgIpc) is 2.94. The molecule has 2 aromatic rings. The molecule has 21 heavy (non-hydrogen) atoms. The zero-order valence-electron chi connectivity index (χ0n) is 11.8. The molecule has 2 aromatic heterocycles. The Balaban J connectivity index is 1.56. The number of likely N-dealkylation sites (tertiary alicyclic amines) is 1. The van der Waals surface area contributed by atoms with Crippen LogP contribution in [0.4, 0.5) is 5.82 Å². The van der Waals surface area contributed by atoms with Crippen LogP contribution in [0.15, 0.2) is 23.7 Å². The van der Waals surface area contributed by atoms with Crippen molar-refractivity contribution in [3.63, 3.8) is 0 Å². The number of hydrogen-bond donors (Lipinski definition) is 1. The van der Waals surface area contributed by atoms with Gasteiger partial charge in [-0.2, -0.15) is 9.47 Å². The molecule has 1 saturated heterocycles. The maximum atomic E-state index is 12.4. The topological polar surface area (TPSA) is 71.0 Å². The van der Waals surface area contributed by atoms with Crippen LogP contribution in [0.2, 0.25) is 0 Å². The molecule has 0 aromatic carbocycles. The minimum atomic E-state index is 0.0965. The second-order valence-electron chi connectivity index (χ2n) is 5.13. The predicted octanol–water partition coefficient (Wildman–Crippen LogP) is 1.96. The van der Waals surface area contributed by atoms with Gasteiger partial charge in [-0.1, -0.05) is 0 Å². The Morgan fingerprint density at radius 3 is 2.86 bits per heavy atom. The Kier molecular flexibility index (Phi) is 4.10. The lowest BCUT2D eigenvalue weighted by molar-refractivity contribution is 0.0718. The molecule has 0 aliphatic carbocycles. The normalized spacial score (nSPS) is 16.0. The molecule has 1 aliphatic rings. The van der Waals surface area contributed by atoms with Crippen LogP contribution >= 0.6 is 11.5 Å². The quantitative estimate of drug-likeness (QED) is 0.938. The van der Waals surface area contributed by atoms with Crippen molar-refractivity contribution in [1.29, 1.82) is 0 Å². The number of carbonyl (C=O) groups excluding carboxylic acids is 1. The largest absolute Gasteiger partial charge is 0.366 e. The third-order valence-corrected chi connectivity index (χ3v) is 4.41. The fraction of sp³-hybridized carbons (Fsp3) is 0.429. The van der Waals surface area contributed by atoms with Crippen molar-refractivity contribution >= 4 is 23.3 Å². The number of carbonyl (C=O) groups is 1. The first-order valence-corrected chi connectivity index (χ1v) is 7.82. The highest BCUT2D eigenvalue weighted by Gasteiger charge is 2.25. The molecule has 6 nitrogen and oxygen atoms in total. The van der Waals surface area contributed by atoms with Crippen molar-refractivity contribution in [2.24, 2.45) is 0 Å². The molecule has 0 bridgehead atoms. The van der Waals surface area contributed by atoms with E-state index in [1.54, 1.807) is 6.20 Å². The minimum Gasteiger partial charge on any atom is -0.366 e. The third-order valence-electron chi connectivity index (χ3n) is 3.69. The molecule has 1 N–H and O–H groups in total. The van der Waals surface area contributed by atoms with Crippen LogP contribution < -0.4 is 5.32 Å². The number of hydrogen-bond acceptors (Lipinski definition) is 6. The molecule has 7 heteroatoms. The maximum absolute atomic E-state index is 12.4. The van der Waals surface area contributed by atoms with Crippen LogP contribution in [-0.4, -0.2) is 44.5 Å². The fourth-order valence-electron chi connectivity index (χ4n) is 2.48. The lowest BCUT2D eigenvalue weighted by Gasteiger charge is -2.32. The number of anilines is 1. The van der Waals surface area contributed by atoms with Gasteiger partial charge in [0.2, 0.25) is 0 Å². The zero-order chi connectivity index (χ0) is 14.7. The summed E-state index contributed by atoms with van der Waals surface area (Å²) in [5, 5.41) is 13.1. The Morgan fingerprint density at radius 2 is 2.24 bits per heavy atom. The first-order chi connectivity index (χ1) is 10.2. The van der Waals surface area contributed by atoms with Crippen molar-refractivity contribution in [3.8, 4) is 0 Å². The lowest BCUT2D eigenvalue weighted by Crippen LogP contribution is -2.42. The first-order valence-electron chi connectivity index (χ1n) is 6.98. The van der Waals surface area contributed by atoms with Gasteiger partial charge in [0.25, 0.3) is 5.91 Å². The summed E-state index contributed by atoms with van der Waals surface area (Å²) in [6.45, 7) is 3.39. The van der Waals surface area contributed by atoms with E-state index in [-0.39, 0.29) is 5.91 Å². The molecule has 3 heterocycles. The summed E-state index contributed by atoms with van der Waals surface area (Å²) in [6.07, 6.45) is 3.49. The molecule has 110 valence electrons. The van der Waals surface area contributed by atoms with Gasteiger partial charge >= 0.3 is 0 Å². The van der Waals surface area contributed by atoms with Gasteiger partial charge in [0.15, 0.2) is 0 Å². The number of amides is 1. The van der Waals surface area contributed by atoms with E-state index in [4.69, 9.17) is 0 Å². The summed E-state index contributed by atoms with van der Waals surface area (Å²) >= 11 is 1.34. The lowest BCUT2D eigenvalue weighted by atomic mass is 10.0. The molecule has 0 atom stereocenters. The van der Waals surface area contributed by atoms with E-state index in [1.165, 1.54) is 11.5 Å². The highest BCUT2D eigenvalue weighted by molar-refractivity contribution is 7.03. The molecular formula is C14H17N5OS. The van der Waals surface area contributed by atoms with Gasteiger partial charge < -0.3 is 10.2 Å². The standard InChI is InChI=1S/C14H17N5OS/c1-10-12(9-21-18-10)14(20)19-7-4-11(5-8-19)16-13-3-2-6-15-17-13/h2-3,6,9,11H,4-5,7-8H2,1H3,(H,16,17). The average molecular weight is 303 g/mol. The summed E-state index contributed by atoms with van der Waals surface area (Å²) in [5.74, 6) is 0.888. The summed E-state index contributed by atoms with van der Waals surface area (Å²) in [7, 11) is 0. The number of nitrogens with zero attached hydrogens (tertiary/aromatic N) is 4. The fourth-order valence-corrected chi connectivity index (χ4v) is 3.17. The molecule has 1 fully saturated rings. The predicted molar refractivity (Wildman–Crippen MR) is 81.4 cm³/mol. The summed E-state index contributed by atoms with van der Waals surface area (Å²) in [6, 6.07) is 4.11. The molecule has 0 saturated carbocycles. The molecule has 3 rings (SSSR count). The molecular weight excluding hydrogens is 286 g/mol. The minimum absolute atomic E-state index is 0.0965. The van der Waals surface area contributed by atoms with E-state index in [1.807, 2.05) is 29.3 Å². The number of nitrogens with one attached hydrogen (secondary N) is 1. The van der Waals surface area contributed by atoms with E-state index >= 15 is 0 Å². The Bertz CT molecular complexity index is 607. The summed E-state index contributed by atoms with van der Waals surface area (Å²) in [5.41, 5.74) is 1.56. The number of aryl methyl sites for hydroxylation is 1. The number of aromatic nitrogens is 3. The van der Waals surface area contributed by atoms with Crippen molar-refractivity contribution in [2.75, 3.05) is 18.4 Å². The highest BCUT2D eigenvalue weighted by Crippen LogP contribution is 2.19. The Labute approximate surface area is 127 Å². The first kappa shape index (κ1) is 13.9. The second-order valence-corrected chi connectivity index (χ2v) is 5.76. The molecule has 0 spiro atoms. The van der Waals surface area contributed by atoms with E-state index in [9.17, 15) is 4.79 Å². The van der Waals surface area contributed by atoms with Gasteiger partial charge in [-0.25, -0.2) is 0 Å². The van der Waals surface area contributed by atoms with Crippen LogP contribution in [0.25, 0.3) is 0 Å². The zero-order valence-corrected chi connectivity index (χ0v) is 12.6. The van der Waals surface area contributed by atoms with Gasteiger partial charge in [0, 0.05) is 30.7 Å². The third kappa shape index (κ3) is 3.18. The number of piperidine rings is 1. The summed E-state index contributed by atoms with van der Waals surface area (Å²) in [4.78, 5) is 14.3. The van der Waals surface area contributed by atoms with Gasteiger partial charge in [0.05, 0.1) is 11.3 Å². The van der Waals surface area contributed by atoms with Crippen molar-refractivity contribution < 1.29 is 4.79 Å². The monoisotopic (exact) mass is 303 g/mol.